The highest BCUT2D eigenvalue weighted by Crippen LogP contribution is 2.21. The second kappa shape index (κ2) is 11.0. The third-order valence-corrected chi connectivity index (χ3v) is 4.26. The Morgan fingerprint density at radius 3 is 2.06 bits per heavy atom. The lowest BCUT2D eigenvalue weighted by Gasteiger charge is -2.12. The molecule has 0 spiro atoms. The Kier molecular flexibility index (Phi) is 7.61. The monoisotopic (exact) mass is 415 g/mol. The van der Waals surface area contributed by atoms with Crippen molar-refractivity contribution in [3.05, 3.63) is 95.6 Å². The summed E-state index contributed by atoms with van der Waals surface area (Å²) in [6.45, 7) is -0.532. The number of nitrogens with one attached hydrogen (secondary N) is 2. The summed E-state index contributed by atoms with van der Waals surface area (Å²) in [6.07, 6.45) is 0.683. The van der Waals surface area contributed by atoms with Crippen LogP contribution in [0.25, 0.3) is 0 Å². The summed E-state index contributed by atoms with van der Waals surface area (Å²) in [7, 11) is 0. The maximum atomic E-state index is 12.0. The van der Waals surface area contributed by atoms with E-state index >= 15 is 0 Å². The van der Waals surface area contributed by atoms with Gasteiger partial charge in [-0.1, -0.05) is 48.5 Å². The highest BCUT2D eigenvalue weighted by atomic mass is 16.5. The molecule has 3 aromatic rings. The molecular weight excluding hydrogens is 394 g/mol. The standard InChI is InChI=1S/C24H21N3O4/c25-15-19-10-12-21(13-11-19)30-16-23(28)26-27-24(29)17-31-22-9-5-4-8-20(22)14-18-6-2-1-3-7-18/h1-13H,14,16-17H2,(H,26,28)(H,27,29). The second-order valence-electron chi connectivity index (χ2n) is 6.58. The summed E-state index contributed by atoms with van der Waals surface area (Å²) >= 11 is 0. The third-order valence-electron chi connectivity index (χ3n) is 4.26. The summed E-state index contributed by atoms with van der Waals surface area (Å²) in [5.41, 5.74) is 7.15. The van der Waals surface area contributed by atoms with Crippen molar-refractivity contribution in [2.75, 3.05) is 13.2 Å². The van der Waals surface area contributed by atoms with E-state index in [0.29, 0.717) is 23.5 Å². The molecule has 0 aliphatic heterocycles. The number of amides is 2. The van der Waals surface area contributed by atoms with Gasteiger partial charge in [-0.3, -0.25) is 20.4 Å². The molecule has 0 bridgehead atoms. The normalized spacial score (nSPS) is 9.90. The van der Waals surface area contributed by atoms with E-state index in [-0.39, 0.29) is 13.2 Å². The Labute approximate surface area is 180 Å². The zero-order valence-electron chi connectivity index (χ0n) is 16.7. The number of rotatable bonds is 8. The Hall–Kier alpha value is -4.31. The lowest BCUT2D eigenvalue weighted by molar-refractivity contribution is -0.131. The number of hydrazine groups is 1. The van der Waals surface area contributed by atoms with Crippen LogP contribution in [0.4, 0.5) is 0 Å². The molecule has 0 aromatic heterocycles. The van der Waals surface area contributed by atoms with Gasteiger partial charge in [-0.15, -0.1) is 0 Å². The summed E-state index contributed by atoms with van der Waals surface area (Å²) in [6, 6.07) is 25.8. The van der Waals surface area contributed by atoms with Gasteiger partial charge >= 0.3 is 0 Å². The summed E-state index contributed by atoms with van der Waals surface area (Å²) < 4.78 is 10.9. The van der Waals surface area contributed by atoms with E-state index in [1.807, 2.05) is 54.6 Å². The van der Waals surface area contributed by atoms with E-state index in [2.05, 4.69) is 10.9 Å². The number of nitrogens with zero attached hydrogens (tertiary/aromatic N) is 1. The van der Waals surface area contributed by atoms with Crippen molar-refractivity contribution in [2.45, 2.75) is 6.42 Å². The first kappa shape index (κ1) is 21.4. The SMILES string of the molecule is N#Cc1ccc(OCC(=O)NNC(=O)COc2ccccc2Cc2ccccc2)cc1. The van der Waals surface area contributed by atoms with Gasteiger partial charge in [-0.05, 0) is 41.5 Å². The predicted molar refractivity (Wildman–Crippen MR) is 114 cm³/mol. The second-order valence-corrected chi connectivity index (χ2v) is 6.58. The van der Waals surface area contributed by atoms with Crippen molar-refractivity contribution in [1.82, 2.24) is 10.9 Å². The molecule has 0 fully saturated rings. The van der Waals surface area contributed by atoms with Gasteiger partial charge in [0.2, 0.25) is 0 Å². The highest BCUT2D eigenvalue weighted by Gasteiger charge is 2.09. The minimum absolute atomic E-state index is 0.247. The maximum Gasteiger partial charge on any atom is 0.276 e. The first-order valence-electron chi connectivity index (χ1n) is 9.59. The number of hydrogen-bond acceptors (Lipinski definition) is 5. The molecule has 7 heteroatoms. The van der Waals surface area contributed by atoms with Gasteiger partial charge in [0, 0.05) is 6.42 Å². The number of ether oxygens (including phenoxy) is 2. The van der Waals surface area contributed by atoms with Crippen molar-refractivity contribution < 1.29 is 19.1 Å². The molecule has 0 saturated heterocycles. The molecule has 2 N–H and O–H groups in total. The average Bonchev–Trinajstić information content (AvgIpc) is 2.82. The van der Waals surface area contributed by atoms with Crippen LogP contribution in [0.5, 0.6) is 11.5 Å². The van der Waals surface area contributed by atoms with Crippen molar-refractivity contribution >= 4 is 11.8 Å². The molecule has 7 nitrogen and oxygen atoms in total. The molecule has 31 heavy (non-hydrogen) atoms. The molecule has 3 aromatic carbocycles. The molecule has 0 unspecified atom stereocenters. The first-order chi connectivity index (χ1) is 15.1. The van der Waals surface area contributed by atoms with E-state index in [1.165, 1.54) is 0 Å². The maximum absolute atomic E-state index is 12.0. The Balaban J connectivity index is 1.42. The zero-order valence-corrected chi connectivity index (χ0v) is 16.7. The number of hydrogen-bond donors (Lipinski definition) is 2. The van der Waals surface area contributed by atoms with Crippen LogP contribution in [0, 0.1) is 11.3 Å². The van der Waals surface area contributed by atoms with Crippen molar-refractivity contribution in [3.8, 4) is 17.6 Å². The van der Waals surface area contributed by atoms with Crippen LogP contribution in [-0.4, -0.2) is 25.0 Å². The molecule has 0 radical (unpaired) electrons. The van der Waals surface area contributed by atoms with Crippen LogP contribution in [0.1, 0.15) is 16.7 Å². The largest absolute Gasteiger partial charge is 0.484 e. The molecule has 0 aliphatic carbocycles. The van der Waals surface area contributed by atoms with E-state index in [9.17, 15) is 9.59 Å². The molecule has 3 rings (SSSR count). The predicted octanol–water partition coefficient (Wildman–Crippen LogP) is 2.75. The smallest absolute Gasteiger partial charge is 0.276 e. The summed E-state index contributed by atoms with van der Waals surface area (Å²) in [5.74, 6) is 0.0271. The van der Waals surface area contributed by atoms with Gasteiger partial charge in [-0.2, -0.15) is 5.26 Å². The first-order valence-corrected chi connectivity index (χ1v) is 9.59. The summed E-state index contributed by atoms with van der Waals surface area (Å²) in [5, 5.41) is 8.76. The zero-order chi connectivity index (χ0) is 21.9. The van der Waals surface area contributed by atoms with Gasteiger partial charge in [0.1, 0.15) is 11.5 Å². The van der Waals surface area contributed by atoms with Crippen LogP contribution in [0.2, 0.25) is 0 Å². The Morgan fingerprint density at radius 2 is 1.39 bits per heavy atom. The van der Waals surface area contributed by atoms with Crippen LogP contribution in [0.15, 0.2) is 78.9 Å². The van der Waals surface area contributed by atoms with Crippen molar-refractivity contribution in [1.29, 1.82) is 5.26 Å². The van der Waals surface area contributed by atoms with Gasteiger partial charge in [0.05, 0.1) is 11.6 Å². The molecule has 156 valence electrons. The Bertz CT molecular complexity index is 1060. The highest BCUT2D eigenvalue weighted by molar-refractivity contribution is 5.83. The van der Waals surface area contributed by atoms with Gasteiger partial charge in [0.25, 0.3) is 11.8 Å². The number of carbonyl (C=O) groups is 2. The quantitative estimate of drug-likeness (QED) is 0.551. The number of carbonyl (C=O) groups excluding carboxylic acids is 2. The van der Waals surface area contributed by atoms with E-state index in [1.54, 1.807) is 30.3 Å². The molecular formula is C24H21N3O4. The van der Waals surface area contributed by atoms with Gasteiger partial charge in [-0.25, -0.2) is 0 Å². The lowest BCUT2D eigenvalue weighted by atomic mass is 10.0. The van der Waals surface area contributed by atoms with Crippen molar-refractivity contribution in [2.24, 2.45) is 0 Å². The molecule has 0 heterocycles. The molecule has 0 atom stereocenters. The van der Waals surface area contributed by atoms with Gasteiger partial charge in [0.15, 0.2) is 13.2 Å². The fourth-order valence-electron chi connectivity index (χ4n) is 2.74. The van der Waals surface area contributed by atoms with E-state index < -0.39 is 11.8 Å². The Morgan fingerprint density at radius 1 is 0.774 bits per heavy atom. The van der Waals surface area contributed by atoms with Crippen LogP contribution in [0.3, 0.4) is 0 Å². The van der Waals surface area contributed by atoms with Crippen molar-refractivity contribution in [3.63, 3.8) is 0 Å². The molecule has 0 aliphatic rings. The topological polar surface area (TPSA) is 100 Å². The van der Waals surface area contributed by atoms with E-state index in [4.69, 9.17) is 14.7 Å². The molecule has 0 saturated carbocycles. The lowest BCUT2D eigenvalue weighted by Crippen LogP contribution is -2.45. The summed E-state index contributed by atoms with van der Waals surface area (Å²) in [4.78, 5) is 23.8. The van der Waals surface area contributed by atoms with E-state index in [0.717, 1.165) is 11.1 Å². The van der Waals surface area contributed by atoms with Crippen LogP contribution < -0.4 is 20.3 Å². The number of nitriles is 1. The van der Waals surface area contributed by atoms with Crippen LogP contribution in [-0.2, 0) is 16.0 Å². The van der Waals surface area contributed by atoms with Crippen LogP contribution >= 0.6 is 0 Å². The number of para-hydroxylation sites is 1. The molecule has 2 amide bonds. The average molecular weight is 415 g/mol. The number of benzene rings is 3. The fourth-order valence-corrected chi connectivity index (χ4v) is 2.74. The third kappa shape index (κ3) is 6.91. The minimum Gasteiger partial charge on any atom is -0.484 e. The fraction of sp³-hybridized carbons (Fsp3) is 0.125. The van der Waals surface area contributed by atoms with Gasteiger partial charge < -0.3 is 9.47 Å². The minimum atomic E-state index is -0.526.